The van der Waals surface area contributed by atoms with Gasteiger partial charge in [0.25, 0.3) is 5.91 Å². The molecule has 0 aromatic heterocycles. The first-order chi connectivity index (χ1) is 13.1. The number of esters is 1. The summed E-state index contributed by atoms with van der Waals surface area (Å²) in [4.78, 5) is 24.5. The summed E-state index contributed by atoms with van der Waals surface area (Å²) < 4.78 is 48.9. The summed E-state index contributed by atoms with van der Waals surface area (Å²) in [5.41, 5.74) is -1.08. The number of ether oxygens (including phenoxy) is 2. The summed E-state index contributed by atoms with van der Waals surface area (Å²) in [7, 11) is 0. The number of nitrogens with one attached hydrogen (secondary N) is 1. The lowest BCUT2D eigenvalue weighted by Crippen LogP contribution is -2.30. The third kappa shape index (κ3) is 5.39. The minimum Gasteiger partial charge on any atom is -0.493 e. The Balaban J connectivity index is 2.11. The van der Waals surface area contributed by atoms with E-state index >= 15 is 0 Å². The van der Waals surface area contributed by atoms with Gasteiger partial charge in [-0.15, -0.1) is 0 Å². The molecule has 0 radical (unpaired) electrons. The van der Waals surface area contributed by atoms with Gasteiger partial charge in [-0.2, -0.15) is 13.2 Å². The van der Waals surface area contributed by atoms with E-state index in [0.29, 0.717) is 18.4 Å². The molecule has 0 aliphatic carbocycles. The van der Waals surface area contributed by atoms with Crippen molar-refractivity contribution < 1.29 is 32.2 Å². The average molecular weight is 416 g/mol. The number of carbonyl (C=O) groups excluding carboxylic acids is 2. The number of rotatable bonds is 6. The molecule has 28 heavy (non-hydrogen) atoms. The predicted molar refractivity (Wildman–Crippen MR) is 97.6 cm³/mol. The van der Waals surface area contributed by atoms with Crippen molar-refractivity contribution in [1.29, 1.82) is 0 Å². The maximum atomic E-state index is 12.8. The number of amides is 1. The standard InChI is InChI=1S/C19H17ClF3NO4/c1-3-27-16-7-5-4-6-13(16)18(26)28-11(2)17(25)24-15-10-12(19(21,22)23)8-9-14(15)20/h4-11H,3H2,1-2H3,(H,24,25)/t11-/m0/s1. The lowest BCUT2D eigenvalue weighted by Gasteiger charge is -2.16. The van der Waals surface area contributed by atoms with Gasteiger partial charge in [0.15, 0.2) is 6.10 Å². The summed E-state index contributed by atoms with van der Waals surface area (Å²) in [6.45, 7) is 3.36. The number of para-hydroxylation sites is 1. The zero-order chi connectivity index (χ0) is 20.9. The molecule has 0 unspecified atom stereocenters. The number of anilines is 1. The maximum Gasteiger partial charge on any atom is 0.416 e. The van der Waals surface area contributed by atoms with E-state index in [1.165, 1.54) is 13.0 Å². The summed E-state index contributed by atoms with van der Waals surface area (Å²) in [6.07, 6.45) is -5.88. The molecule has 0 bridgehead atoms. The summed E-state index contributed by atoms with van der Waals surface area (Å²) in [6, 6.07) is 8.86. The molecule has 150 valence electrons. The summed E-state index contributed by atoms with van der Waals surface area (Å²) in [5.74, 6) is -1.34. The molecule has 2 aromatic carbocycles. The van der Waals surface area contributed by atoms with Gasteiger partial charge in [-0.1, -0.05) is 23.7 Å². The molecule has 0 aliphatic heterocycles. The van der Waals surface area contributed by atoms with Gasteiger partial charge in [0, 0.05) is 0 Å². The third-order valence-corrected chi connectivity index (χ3v) is 3.94. The van der Waals surface area contributed by atoms with Gasteiger partial charge in [0.05, 0.1) is 22.9 Å². The van der Waals surface area contributed by atoms with Crippen molar-refractivity contribution in [2.75, 3.05) is 11.9 Å². The molecular formula is C19H17ClF3NO4. The predicted octanol–water partition coefficient (Wildman–Crippen LogP) is 4.94. The Morgan fingerprint density at radius 3 is 2.50 bits per heavy atom. The van der Waals surface area contributed by atoms with Crippen LogP contribution in [0.4, 0.5) is 18.9 Å². The van der Waals surface area contributed by atoms with E-state index in [9.17, 15) is 22.8 Å². The van der Waals surface area contributed by atoms with Crippen molar-refractivity contribution >= 4 is 29.2 Å². The molecule has 1 atom stereocenters. The molecule has 1 amide bonds. The monoisotopic (exact) mass is 415 g/mol. The molecule has 5 nitrogen and oxygen atoms in total. The van der Waals surface area contributed by atoms with Crippen LogP contribution in [0.25, 0.3) is 0 Å². The number of alkyl halides is 3. The van der Waals surface area contributed by atoms with Crippen molar-refractivity contribution in [2.24, 2.45) is 0 Å². The molecule has 0 fully saturated rings. The van der Waals surface area contributed by atoms with Crippen LogP contribution in [0.15, 0.2) is 42.5 Å². The maximum absolute atomic E-state index is 12.8. The van der Waals surface area contributed by atoms with Gasteiger partial charge >= 0.3 is 12.1 Å². The highest BCUT2D eigenvalue weighted by Gasteiger charge is 2.31. The third-order valence-electron chi connectivity index (χ3n) is 3.61. The van der Waals surface area contributed by atoms with Crippen LogP contribution in [0.5, 0.6) is 5.75 Å². The molecule has 0 spiro atoms. The largest absolute Gasteiger partial charge is 0.493 e. The van der Waals surface area contributed by atoms with E-state index < -0.39 is 29.7 Å². The molecular weight excluding hydrogens is 399 g/mol. The highest BCUT2D eigenvalue weighted by molar-refractivity contribution is 6.33. The summed E-state index contributed by atoms with van der Waals surface area (Å²) in [5, 5.41) is 2.16. The fraction of sp³-hybridized carbons (Fsp3) is 0.263. The zero-order valence-electron chi connectivity index (χ0n) is 15.0. The van der Waals surface area contributed by atoms with Crippen molar-refractivity contribution in [1.82, 2.24) is 0 Å². The SMILES string of the molecule is CCOc1ccccc1C(=O)O[C@@H](C)C(=O)Nc1cc(C(F)(F)F)ccc1Cl. The number of benzene rings is 2. The fourth-order valence-corrected chi connectivity index (χ4v) is 2.39. The molecule has 2 aromatic rings. The van der Waals surface area contributed by atoms with Crippen LogP contribution in [0.2, 0.25) is 5.02 Å². The minimum absolute atomic E-state index is 0.0819. The molecule has 0 heterocycles. The van der Waals surface area contributed by atoms with E-state index in [1.54, 1.807) is 25.1 Å². The Morgan fingerprint density at radius 1 is 1.18 bits per heavy atom. The summed E-state index contributed by atoms with van der Waals surface area (Å²) >= 11 is 5.85. The van der Waals surface area contributed by atoms with E-state index in [0.717, 1.165) is 12.1 Å². The van der Waals surface area contributed by atoms with E-state index in [2.05, 4.69) is 5.32 Å². The Kier molecular flexibility index (Phi) is 6.90. The van der Waals surface area contributed by atoms with Crippen LogP contribution >= 0.6 is 11.6 Å². The lowest BCUT2D eigenvalue weighted by molar-refractivity contribution is -0.137. The van der Waals surface area contributed by atoms with Crippen LogP contribution in [0.3, 0.4) is 0 Å². The first kappa shape index (κ1) is 21.6. The molecule has 0 aliphatic rings. The van der Waals surface area contributed by atoms with Gasteiger partial charge in [0.2, 0.25) is 0 Å². The van der Waals surface area contributed by atoms with Crippen molar-refractivity contribution in [3.8, 4) is 5.75 Å². The quantitative estimate of drug-likeness (QED) is 0.678. The van der Waals surface area contributed by atoms with Crippen molar-refractivity contribution in [3.05, 3.63) is 58.6 Å². The van der Waals surface area contributed by atoms with Gasteiger partial charge in [-0.3, -0.25) is 4.79 Å². The smallest absolute Gasteiger partial charge is 0.416 e. The van der Waals surface area contributed by atoms with Crippen molar-refractivity contribution in [3.63, 3.8) is 0 Å². The molecule has 9 heteroatoms. The molecule has 1 N–H and O–H groups in total. The second-order valence-corrected chi connectivity index (χ2v) is 6.07. The lowest BCUT2D eigenvalue weighted by atomic mass is 10.2. The van der Waals surface area contributed by atoms with Gasteiger partial charge in [-0.05, 0) is 44.2 Å². The number of hydrogen-bond donors (Lipinski definition) is 1. The van der Waals surface area contributed by atoms with E-state index in [4.69, 9.17) is 21.1 Å². The van der Waals surface area contributed by atoms with Crippen LogP contribution in [0, 0.1) is 0 Å². The number of hydrogen-bond acceptors (Lipinski definition) is 4. The molecule has 0 saturated heterocycles. The highest BCUT2D eigenvalue weighted by Crippen LogP contribution is 2.34. The second-order valence-electron chi connectivity index (χ2n) is 5.66. The Bertz CT molecular complexity index is 870. The zero-order valence-corrected chi connectivity index (χ0v) is 15.7. The van der Waals surface area contributed by atoms with Gasteiger partial charge in [-0.25, -0.2) is 4.79 Å². The Hall–Kier alpha value is -2.74. The number of halogens is 4. The molecule has 2 rings (SSSR count). The van der Waals surface area contributed by atoms with Crippen molar-refractivity contribution in [2.45, 2.75) is 26.1 Å². The highest BCUT2D eigenvalue weighted by atomic mass is 35.5. The van der Waals surface area contributed by atoms with Crippen LogP contribution < -0.4 is 10.1 Å². The van der Waals surface area contributed by atoms with Gasteiger partial charge in [0.1, 0.15) is 11.3 Å². The second kappa shape index (κ2) is 8.97. The first-order valence-electron chi connectivity index (χ1n) is 8.24. The van der Waals surface area contributed by atoms with Crippen LogP contribution in [-0.2, 0) is 15.7 Å². The topological polar surface area (TPSA) is 64.6 Å². The van der Waals surface area contributed by atoms with E-state index in [1.807, 2.05) is 0 Å². The number of carbonyl (C=O) groups is 2. The van der Waals surface area contributed by atoms with Gasteiger partial charge < -0.3 is 14.8 Å². The minimum atomic E-state index is -4.59. The first-order valence-corrected chi connectivity index (χ1v) is 8.61. The van der Waals surface area contributed by atoms with Crippen LogP contribution in [0.1, 0.15) is 29.8 Å². The molecule has 0 saturated carbocycles. The Morgan fingerprint density at radius 2 is 1.86 bits per heavy atom. The fourth-order valence-electron chi connectivity index (χ4n) is 2.23. The Labute approximate surface area is 164 Å². The van der Waals surface area contributed by atoms with Crippen LogP contribution in [-0.4, -0.2) is 24.6 Å². The normalized spacial score (nSPS) is 12.2. The average Bonchev–Trinajstić information content (AvgIpc) is 2.63. The van der Waals surface area contributed by atoms with E-state index in [-0.39, 0.29) is 16.3 Å².